The molecule has 0 bridgehead atoms. The van der Waals surface area contributed by atoms with Gasteiger partial charge in [0.15, 0.2) is 0 Å². The third-order valence-electron chi connectivity index (χ3n) is 13.8. The zero-order valence-electron chi connectivity index (χ0n) is 36.4. The molecule has 0 spiro atoms. The van der Waals surface area contributed by atoms with Gasteiger partial charge in [0, 0.05) is 69.6 Å². The Hall–Kier alpha value is -9.20. The molecule has 14 rings (SSSR count). The fraction of sp³-hybridized carbons (Fsp3) is 0. The highest BCUT2D eigenvalue weighted by Gasteiger charge is 2.23. The predicted octanol–water partition coefficient (Wildman–Crippen LogP) is 16.4. The predicted molar refractivity (Wildman–Crippen MR) is 283 cm³/mol. The number of fused-ring (bicyclic) bond motifs is 13. The van der Waals surface area contributed by atoms with E-state index in [1.807, 2.05) is 47.7 Å². The molecule has 0 amide bonds. The van der Waals surface area contributed by atoms with Gasteiger partial charge < -0.3 is 13.7 Å². The van der Waals surface area contributed by atoms with Crippen molar-refractivity contribution in [2.75, 3.05) is 0 Å². The van der Waals surface area contributed by atoms with Crippen molar-refractivity contribution in [1.29, 1.82) is 10.5 Å². The normalized spacial score (nSPS) is 11.8. The molecule has 0 radical (unpaired) electrons. The molecule has 0 saturated carbocycles. The zero-order valence-corrected chi connectivity index (χ0v) is 37.2. The lowest BCUT2D eigenvalue weighted by Gasteiger charge is -2.17. The van der Waals surface area contributed by atoms with Gasteiger partial charge in [0.1, 0.15) is 0 Å². The van der Waals surface area contributed by atoms with Crippen molar-refractivity contribution in [3.63, 3.8) is 0 Å². The lowest BCUT2D eigenvalue weighted by Crippen LogP contribution is -2.00. The van der Waals surface area contributed by atoms with E-state index in [1.165, 1.54) is 52.6 Å². The molecular weight excluding hydrogens is 847 g/mol. The van der Waals surface area contributed by atoms with Gasteiger partial charge in [-0.25, -0.2) is 0 Å². The van der Waals surface area contributed by atoms with E-state index >= 15 is 0 Å². The van der Waals surface area contributed by atoms with Crippen LogP contribution in [0.4, 0.5) is 0 Å². The van der Waals surface area contributed by atoms with Crippen LogP contribution in [0, 0.1) is 22.7 Å². The maximum absolute atomic E-state index is 10.5. The minimum Gasteiger partial charge on any atom is -0.309 e. The van der Waals surface area contributed by atoms with Gasteiger partial charge in [0.2, 0.25) is 0 Å². The van der Waals surface area contributed by atoms with E-state index in [0.717, 1.165) is 72.3 Å². The van der Waals surface area contributed by atoms with Crippen LogP contribution < -0.4 is 0 Å². The van der Waals surface area contributed by atoms with Crippen LogP contribution in [0.1, 0.15) is 11.1 Å². The van der Waals surface area contributed by atoms with Gasteiger partial charge in [-0.05, 0) is 119 Å². The molecule has 4 aromatic heterocycles. The Morgan fingerprint density at radius 2 is 0.941 bits per heavy atom. The largest absolute Gasteiger partial charge is 0.309 e. The van der Waals surface area contributed by atoms with Gasteiger partial charge in [0.25, 0.3) is 0 Å². The van der Waals surface area contributed by atoms with Crippen molar-refractivity contribution < 1.29 is 0 Å². The summed E-state index contributed by atoms with van der Waals surface area (Å²) in [6.45, 7) is 0. The third-order valence-corrected chi connectivity index (χ3v) is 15.0. The SMILES string of the molecule is N#Cc1cc(-c2cc(-n3c4ccccc4c4cc5c(cc43)sc3ccccc35)cc(-n3c4ccccc4c4c3ccc3c5ccccc5n(-c5ccccc5)c34)c2)cc(-c2ccccc2C#N)c1. The smallest absolute Gasteiger partial charge is 0.0998 e. The summed E-state index contributed by atoms with van der Waals surface area (Å²) in [6, 6.07) is 80.1. The molecule has 0 fully saturated rings. The first kappa shape index (κ1) is 38.1. The lowest BCUT2D eigenvalue weighted by molar-refractivity contribution is 1.13. The summed E-state index contributed by atoms with van der Waals surface area (Å²) >= 11 is 1.83. The van der Waals surface area contributed by atoms with Crippen molar-refractivity contribution >= 4 is 96.9 Å². The van der Waals surface area contributed by atoms with Crippen LogP contribution in [-0.4, -0.2) is 13.7 Å². The van der Waals surface area contributed by atoms with E-state index in [9.17, 15) is 10.5 Å². The van der Waals surface area contributed by atoms with Crippen molar-refractivity contribution in [3.05, 3.63) is 223 Å². The second-order valence-electron chi connectivity index (χ2n) is 17.5. The van der Waals surface area contributed by atoms with Crippen molar-refractivity contribution in [2.45, 2.75) is 0 Å². The zero-order chi connectivity index (χ0) is 45.0. The topological polar surface area (TPSA) is 62.4 Å². The summed E-state index contributed by atoms with van der Waals surface area (Å²) in [4.78, 5) is 0. The first-order valence-electron chi connectivity index (χ1n) is 22.7. The molecule has 4 heterocycles. The van der Waals surface area contributed by atoms with Crippen LogP contribution in [-0.2, 0) is 0 Å². The van der Waals surface area contributed by atoms with E-state index in [-0.39, 0.29) is 0 Å². The molecule has 6 heteroatoms. The first-order chi connectivity index (χ1) is 33.6. The monoisotopic (exact) mass is 881 g/mol. The Labute approximate surface area is 394 Å². The molecule has 10 aromatic carbocycles. The number of para-hydroxylation sites is 4. The molecule has 314 valence electrons. The van der Waals surface area contributed by atoms with Crippen LogP contribution in [0.3, 0.4) is 0 Å². The number of aromatic nitrogens is 3. The number of hydrogen-bond acceptors (Lipinski definition) is 3. The van der Waals surface area contributed by atoms with Crippen molar-refractivity contribution in [3.8, 4) is 51.5 Å². The number of nitrogens with zero attached hydrogens (tertiary/aromatic N) is 5. The standard InChI is InChI=1S/C62H35N5S/c63-36-38-28-40(30-42(29-38)46-17-5-4-14-39(46)37-64)41-31-44(33-45(32-41)66-54-22-10-7-19-48(54)52-34-53-49-20-9-13-25-59(49)68-60(53)35-58(52)66)65-56-24-12-8-21-51(56)61-57(65)27-26-50-47-18-6-11-23-55(47)67(62(50)61)43-15-2-1-3-16-43/h1-35H. The third kappa shape index (κ3) is 5.53. The summed E-state index contributed by atoms with van der Waals surface area (Å²) in [5, 5.41) is 30.4. The molecule has 0 aliphatic rings. The van der Waals surface area contributed by atoms with E-state index in [1.54, 1.807) is 0 Å². The van der Waals surface area contributed by atoms with Gasteiger partial charge in [-0.15, -0.1) is 11.3 Å². The molecule has 68 heavy (non-hydrogen) atoms. The summed E-state index contributed by atoms with van der Waals surface area (Å²) in [5.74, 6) is 0. The number of nitriles is 2. The lowest BCUT2D eigenvalue weighted by atomic mass is 9.93. The highest BCUT2D eigenvalue weighted by Crippen LogP contribution is 2.45. The Kier molecular flexibility index (Phi) is 8.21. The number of hydrogen-bond donors (Lipinski definition) is 0. The number of thiophene rings is 1. The molecule has 0 N–H and O–H groups in total. The summed E-state index contributed by atoms with van der Waals surface area (Å²) in [6.07, 6.45) is 0. The average molecular weight is 882 g/mol. The fourth-order valence-electron chi connectivity index (χ4n) is 11.0. The van der Waals surface area contributed by atoms with Crippen LogP contribution >= 0.6 is 11.3 Å². The summed E-state index contributed by atoms with van der Waals surface area (Å²) < 4.78 is 9.77. The molecule has 5 nitrogen and oxygen atoms in total. The van der Waals surface area contributed by atoms with Gasteiger partial charge in [-0.1, -0.05) is 115 Å². The number of rotatable bonds is 5. The highest BCUT2D eigenvalue weighted by molar-refractivity contribution is 7.25. The minimum atomic E-state index is 0.522. The van der Waals surface area contributed by atoms with E-state index in [4.69, 9.17) is 0 Å². The molecule has 0 aliphatic heterocycles. The van der Waals surface area contributed by atoms with Crippen LogP contribution in [0.2, 0.25) is 0 Å². The molecular formula is C62H35N5S. The molecule has 0 atom stereocenters. The number of benzene rings is 10. The second-order valence-corrected chi connectivity index (χ2v) is 18.6. The van der Waals surface area contributed by atoms with E-state index < -0.39 is 0 Å². The Morgan fingerprint density at radius 3 is 1.71 bits per heavy atom. The average Bonchev–Trinajstić information content (AvgIpc) is 4.14. The summed E-state index contributed by atoms with van der Waals surface area (Å²) in [5.41, 5.74) is 14.4. The molecule has 0 saturated heterocycles. The van der Waals surface area contributed by atoms with Crippen LogP contribution in [0.5, 0.6) is 0 Å². The van der Waals surface area contributed by atoms with Gasteiger partial charge >= 0.3 is 0 Å². The van der Waals surface area contributed by atoms with Crippen LogP contribution in [0.15, 0.2) is 212 Å². The van der Waals surface area contributed by atoms with Crippen molar-refractivity contribution in [2.24, 2.45) is 0 Å². The Balaban J connectivity index is 1.11. The Bertz CT molecular complexity index is 4530. The van der Waals surface area contributed by atoms with E-state index in [0.29, 0.717) is 11.1 Å². The second kappa shape index (κ2) is 14.7. The summed E-state index contributed by atoms with van der Waals surface area (Å²) in [7, 11) is 0. The molecule has 14 aromatic rings. The molecule has 0 unspecified atom stereocenters. The maximum Gasteiger partial charge on any atom is 0.0998 e. The van der Waals surface area contributed by atoms with Gasteiger partial charge in [-0.3, -0.25) is 0 Å². The van der Waals surface area contributed by atoms with Crippen molar-refractivity contribution in [1.82, 2.24) is 13.7 Å². The van der Waals surface area contributed by atoms with Gasteiger partial charge in [0.05, 0.1) is 56.4 Å². The maximum atomic E-state index is 10.5. The fourth-order valence-corrected chi connectivity index (χ4v) is 12.1. The first-order valence-corrected chi connectivity index (χ1v) is 23.5. The van der Waals surface area contributed by atoms with Gasteiger partial charge in [-0.2, -0.15) is 10.5 Å². The molecule has 0 aliphatic carbocycles. The highest BCUT2D eigenvalue weighted by atomic mass is 32.1. The minimum absolute atomic E-state index is 0.522. The quantitative estimate of drug-likeness (QED) is 0.173. The Morgan fingerprint density at radius 1 is 0.338 bits per heavy atom. The van der Waals surface area contributed by atoms with Crippen LogP contribution in [0.25, 0.3) is 125 Å². The van der Waals surface area contributed by atoms with E-state index in [2.05, 4.69) is 202 Å².